The van der Waals surface area contributed by atoms with Gasteiger partial charge in [0, 0.05) is 24.6 Å². The van der Waals surface area contributed by atoms with Crippen molar-refractivity contribution in [1.82, 2.24) is 0 Å². The van der Waals surface area contributed by atoms with E-state index in [1.807, 2.05) is 0 Å². The number of benzene rings is 2. The number of nitrogens with two attached hydrogens (primary N) is 1. The maximum Gasteiger partial charge on any atom is 0.265 e. The molecule has 0 saturated heterocycles. The van der Waals surface area contributed by atoms with E-state index in [-0.39, 0.29) is 36.8 Å². The number of fused-ring (bicyclic) bond motifs is 1. The van der Waals surface area contributed by atoms with Crippen LogP contribution in [0.15, 0.2) is 36.4 Å². The molecule has 0 fully saturated rings. The van der Waals surface area contributed by atoms with Gasteiger partial charge < -0.3 is 20.1 Å². The fourth-order valence-corrected chi connectivity index (χ4v) is 2.85. The normalized spacial score (nSPS) is 12.9. The summed E-state index contributed by atoms with van der Waals surface area (Å²) in [7, 11) is 0. The maximum atomic E-state index is 13.6. The Bertz CT molecular complexity index is 964. The minimum Gasteiger partial charge on any atom is -0.482 e. The molecule has 1 aliphatic heterocycles. The Balaban J connectivity index is 1.73. The van der Waals surface area contributed by atoms with Gasteiger partial charge >= 0.3 is 0 Å². The van der Waals surface area contributed by atoms with Crippen molar-refractivity contribution in [3.63, 3.8) is 0 Å². The molecule has 9 heteroatoms. The Kier molecular flexibility index (Phi) is 6.06. The molecule has 3 rings (SSSR count). The lowest BCUT2D eigenvalue weighted by molar-refractivity contribution is -0.122. The zero-order chi connectivity index (χ0) is 21.0. The second-order valence-corrected chi connectivity index (χ2v) is 6.37. The molecule has 29 heavy (non-hydrogen) atoms. The van der Waals surface area contributed by atoms with Crippen molar-refractivity contribution in [3.8, 4) is 11.5 Å². The van der Waals surface area contributed by atoms with Gasteiger partial charge in [0.1, 0.15) is 11.6 Å². The first kappa shape index (κ1) is 20.2. The summed E-state index contributed by atoms with van der Waals surface area (Å²) >= 11 is 0. The van der Waals surface area contributed by atoms with Crippen LogP contribution in [0.4, 0.5) is 14.5 Å². The Morgan fingerprint density at radius 1 is 1.17 bits per heavy atom. The van der Waals surface area contributed by atoms with E-state index in [2.05, 4.69) is 0 Å². The molecule has 2 N–H and O–H groups in total. The third-order valence-electron chi connectivity index (χ3n) is 4.28. The summed E-state index contributed by atoms with van der Waals surface area (Å²) in [4.78, 5) is 37.0. The number of anilines is 1. The smallest absolute Gasteiger partial charge is 0.265 e. The largest absolute Gasteiger partial charge is 0.482 e. The van der Waals surface area contributed by atoms with E-state index in [0.29, 0.717) is 23.9 Å². The number of nitrogens with zero attached hydrogens (tertiary/aromatic N) is 1. The number of Topliss-reactive ketones (excluding diaryl/α,β-unsaturated/α-hetero) is 1. The van der Waals surface area contributed by atoms with Crippen molar-refractivity contribution in [1.29, 1.82) is 0 Å². The summed E-state index contributed by atoms with van der Waals surface area (Å²) in [6.07, 6.45) is 0.487. The van der Waals surface area contributed by atoms with Crippen molar-refractivity contribution in [2.24, 2.45) is 5.73 Å². The second kappa shape index (κ2) is 8.68. The van der Waals surface area contributed by atoms with Crippen LogP contribution in [-0.2, 0) is 9.59 Å². The molecular weight excluding hydrogens is 386 g/mol. The van der Waals surface area contributed by atoms with Crippen LogP contribution < -0.4 is 20.1 Å². The monoisotopic (exact) mass is 404 g/mol. The number of primary amides is 1. The third kappa shape index (κ3) is 4.87. The first-order chi connectivity index (χ1) is 13.8. The molecule has 1 aliphatic rings. The Morgan fingerprint density at radius 3 is 2.69 bits per heavy atom. The van der Waals surface area contributed by atoms with E-state index in [1.165, 1.54) is 17.0 Å². The van der Waals surface area contributed by atoms with Crippen molar-refractivity contribution in [3.05, 3.63) is 53.6 Å². The number of ether oxygens (including phenoxy) is 2. The Hall–Kier alpha value is -3.49. The number of carbonyl (C=O) groups excluding carboxylic acids is 3. The maximum absolute atomic E-state index is 13.6. The minimum atomic E-state index is -0.914. The summed E-state index contributed by atoms with van der Waals surface area (Å²) < 4.78 is 37.1. The molecule has 0 radical (unpaired) electrons. The molecule has 2 aromatic carbocycles. The van der Waals surface area contributed by atoms with Crippen LogP contribution in [0, 0.1) is 11.6 Å². The highest BCUT2D eigenvalue weighted by Crippen LogP contribution is 2.33. The van der Waals surface area contributed by atoms with E-state index in [9.17, 15) is 23.2 Å². The van der Waals surface area contributed by atoms with Crippen LogP contribution in [-0.4, -0.2) is 37.4 Å². The van der Waals surface area contributed by atoms with Crippen LogP contribution in [0.5, 0.6) is 11.5 Å². The fourth-order valence-electron chi connectivity index (χ4n) is 2.85. The number of hydrogen-bond donors (Lipinski definition) is 1. The first-order valence-corrected chi connectivity index (χ1v) is 8.81. The van der Waals surface area contributed by atoms with Crippen LogP contribution in [0.1, 0.15) is 23.2 Å². The molecule has 1 heterocycles. The lowest BCUT2D eigenvalue weighted by Crippen LogP contribution is -2.39. The number of rotatable bonds is 8. The zero-order valence-corrected chi connectivity index (χ0v) is 15.3. The third-order valence-corrected chi connectivity index (χ3v) is 4.28. The summed E-state index contributed by atoms with van der Waals surface area (Å²) in [5.41, 5.74) is 5.75. The lowest BCUT2D eigenvalue weighted by atomic mass is 10.1. The van der Waals surface area contributed by atoms with Crippen molar-refractivity contribution < 1.29 is 32.6 Å². The molecule has 0 aromatic heterocycles. The molecule has 2 amide bonds. The van der Waals surface area contributed by atoms with Crippen LogP contribution in [0.25, 0.3) is 0 Å². The first-order valence-electron chi connectivity index (χ1n) is 8.81. The van der Waals surface area contributed by atoms with Gasteiger partial charge in [-0.05, 0) is 36.8 Å². The van der Waals surface area contributed by atoms with Crippen molar-refractivity contribution >= 4 is 23.3 Å². The van der Waals surface area contributed by atoms with Gasteiger partial charge in [-0.2, -0.15) is 0 Å². The summed E-state index contributed by atoms with van der Waals surface area (Å²) in [5, 5.41) is 0. The van der Waals surface area contributed by atoms with Crippen LogP contribution >= 0.6 is 0 Å². The highest BCUT2D eigenvalue weighted by Gasteiger charge is 2.26. The SMILES string of the molecule is NC(=O)CCCN1C(=O)COc2ccc(C(=O)COc3ccc(F)cc3F)cc21. The highest BCUT2D eigenvalue weighted by atomic mass is 19.1. The molecule has 7 nitrogen and oxygen atoms in total. The topological polar surface area (TPSA) is 98.9 Å². The minimum absolute atomic E-state index is 0.121. The molecule has 0 spiro atoms. The zero-order valence-electron chi connectivity index (χ0n) is 15.3. The van der Waals surface area contributed by atoms with Crippen LogP contribution in [0.3, 0.4) is 0 Å². The standard InChI is InChI=1S/C20H18F2N2O5/c21-13-4-6-17(14(22)9-13)28-10-16(25)12-3-5-18-15(8-12)24(20(27)11-29-18)7-1-2-19(23)26/h3-6,8-9H,1-2,7,10-11H2,(H2,23,26). The predicted molar refractivity (Wildman–Crippen MR) is 98.9 cm³/mol. The highest BCUT2D eigenvalue weighted by molar-refractivity contribution is 6.02. The van der Waals surface area contributed by atoms with Crippen LogP contribution in [0.2, 0.25) is 0 Å². The average Bonchev–Trinajstić information content (AvgIpc) is 2.68. The molecule has 0 saturated carbocycles. The van der Waals surface area contributed by atoms with Gasteiger partial charge in [0.15, 0.2) is 30.6 Å². The molecule has 0 bridgehead atoms. The summed E-state index contributed by atoms with van der Waals surface area (Å²) in [6, 6.07) is 7.30. The number of ketones is 1. The quantitative estimate of drug-likeness (QED) is 0.681. The van der Waals surface area contributed by atoms with E-state index < -0.39 is 29.9 Å². The fraction of sp³-hybridized carbons (Fsp3) is 0.250. The Labute approximate surface area is 165 Å². The number of halogens is 2. The number of hydrogen-bond acceptors (Lipinski definition) is 5. The Morgan fingerprint density at radius 2 is 1.97 bits per heavy atom. The van der Waals surface area contributed by atoms with E-state index >= 15 is 0 Å². The molecule has 2 aromatic rings. The van der Waals surface area contributed by atoms with Gasteiger partial charge in [0.2, 0.25) is 5.91 Å². The van der Waals surface area contributed by atoms with Gasteiger partial charge in [-0.1, -0.05) is 0 Å². The number of amides is 2. The van der Waals surface area contributed by atoms with Crippen molar-refractivity contribution in [2.45, 2.75) is 12.8 Å². The average molecular weight is 404 g/mol. The predicted octanol–water partition coefficient (Wildman–Crippen LogP) is 2.22. The van der Waals surface area contributed by atoms with Gasteiger partial charge in [0.05, 0.1) is 5.69 Å². The second-order valence-electron chi connectivity index (χ2n) is 6.37. The molecular formula is C20H18F2N2O5. The number of carbonyl (C=O) groups is 3. The van der Waals surface area contributed by atoms with E-state index in [4.69, 9.17) is 15.2 Å². The molecule has 152 valence electrons. The van der Waals surface area contributed by atoms with E-state index in [1.54, 1.807) is 6.07 Å². The molecule has 0 unspecified atom stereocenters. The van der Waals surface area contributed by atoms with E-state index in [0.717, 1.165) is 12.1 Å². The lowest BCUT2D eigenvalue weighted by Gasteiger charge is -2.29. The van der Waals surface area contributed by atoms with Crippen molar-refractivity contribution in [2.75, 3.05) is 24.7 Å². The van der Waals surface area contributed by atoms with Gasteiger partial charge in [-0.15, -0.1) is 0 Å². The summed E-state index contributed by atoms with van der Waals surface area (Å²) in [6.45, 7) is -0.380. The molecule has 0 aliphatic carbocycles. The van der Waals surface area contributed by atoms with Gasteiger partial charge in [-0.3, -0.25) is 14.4 Å². The van der Waals surface area contributed by atoms with Gasteiger partial charge in [-0.25, -0.2) is 8.78 Å². The molecule has 0 atom stereocenters. The summed E-state index contributed by atoms with van der Waals surface area (Å²) in [5.74, 6) is -2.74. The van der Waals surface area contributed by atoms with Gasteiger partial charge in [0.25, 0.3) is 5.91 Å².